The molecule has 1 aliphatic heterocycles. The molecule has 1 saturated heterocycles. The van der Waals surface area contributed by atoms with Crippen LogP contribution in [0.5, 0.6) is 11.5 Å². The minimum absolute atomic E-state index is 0.0598. The van der Waals surface area contributed by atoms with Crippen molar-refractivity contribution >= 4 is 21.6 Å². The van der Waals surface area contributed by atoms with Gasteiger partial charge in [0.1, 0.15) is 6.61 Å². The molecule has 1 heterocycles. The van der Waals surface area contributed by atoms with Crippen molar-refractivity contribution in [3.8, 4) is 11.5 Å². The third-order valence-corrected chi connectivity index (χ3v) is 5.64. The van der Waals surface area contributed by atoms with Crippen molar-refractivity contribution in [2.75, 3.05) is 46.5 Å². The predicted octanol–water partition coefficient (Wildman–Crippen LogP) is 3.37. The van der Waals surface area contributed by atoms with E-state index in [4.69, 9.17) is 14.2 Å². The zero-order chi connectivity index (χ0) is 21.3. The molecular formula is C21H26BrN3O5. The summed E-state index contributed by atoms with van der Waals surface area (Å²) in [5, 5.41) is 14.2. The van der Waals surface area contributed by atoms with Crippen LogP contribution < -0.4 is 14.8 Å². The van der Waals surface area contributed by atoms with Crippen LogP contribution in [0.15, 0.2) is 40.9 Å². The van der Waals surface area contributed by atoms with Gasteiger partial charge in [0.2, 0.25) is 0 Å². The first-order valence-electron chi connectivity index (χ1n) is 9.80. The van der Waals surface area contributed by atoms with Gasteiger partial charge < -0.3 is 19.5 Å². The highest BCUT2D eigenvalue weighted by molar-refractivity contribution is 9.10. The van der Waals surface area contributed by atoms with Crippen LogP contribution in [0, 0.1) is 10.1 Å². The molecule has 162 valence electrons. The Morgan fingerprint density at radius 2 is 1.93 bits per heavy atom. The molecule has 9 heteroatoms. The van der Waals surface area contributed by atoms with Crippen LogP contribution >= 0.6 is 15.9 Å². The lowest BCUT2D eigenvalue weighted by Gasteiger charge is -2.26. The predicted molar refractivity (Wildman–Crippen MR) is 117 cm³/mol. The maximum absolute atomic E-state index is 10.8. The number of nitro groups is 1. The monoisotopic (exact) mass is 479 g/mol. The number of benzene rings is 2. The number of nitrogens with one attached hydrogen (secondary N) is 1. The van der Waals surface area contributed by atoms with E-state index in [0.717, 1.165) is 55.0 Å². The number of hydrogen-bond acceptors (Lipinski definition) is 7. The molecule has 0 spiro atoms. The van der Waals surface area contributed by atoms with E-state index < -0.39 is 4.92 Å². The van der Waals surface area contributed by atoms with Crippen molar-refractivity contribution in [3.05, 3.63) is 62.1 Å². The molecule has 0 atom stereocenters. The highest BCUT2D eigenvalue weighted by atomic mass is 79.9. The largest absolute Gasteiger partial charge is 0.493 e. The van der Waals surface area contributed by atoms with Crippen molar-refractivity contribution in [2.24, 2.45) is 0 Å². The van der Waals surface area contributed by atoms with E-state index in [1.165, 1.54) is 12.1 Å². The van der Waals surface area contributed by atoms with Crippen molar-refractivity contribution in [2.45, 2.75) is 13.2 Å². The number of nitro benzene ring substituents is 1. The Morgan fingerprint density at radius 3 is 2.60 bits per heavy atom. The summed E-state index contributed by atoms with van der Waals surface area (Å²) < 4.78 is 17.7. The third kappa shape index (κ3) is 6.40. The fourth-order valence-corrected chi connectivity index (χ4v) is 3.61. The van der Waals surface area contributed by atoms with Crippen LogP contribution in [0.2, 0.25) is 0 Å². The molecule has 0 radical (unpaired) electrons. The van der Waals surface area contributed by atoms with Gasteiger partial charge >= 0.3 is 0 Å². The maximum Gasteiger partial charge on any atom is 0.269 e. The van der Waals surface area contributed by atoms with Gasteiger partial charge in [0.05, 0.1) is 25.2 Å². The average Bonchev–Trinajstić information content (AvgIpc) is 2.77. The van der Waals surface area contributed by atoms with E-state index in [1.54, 1.807) is 19.2 Å². The Morgan fingerprint density at radius 1 is 1.20 bits per heavy atom. The average molecular weight is 480 g/mol. The van der Waals surface area contributed by atoms with Crippen LogP contribution in [-0.2, 0) is 17.9 Å². The zero-order valence-corrected chi connectivity index (χ0v) is 18.5. The minimum atomic E-state index is -0.418. The van der Waals surface area contributed by atoms with Crippen LogP contribution in [0.3, 0.4) is 0 Å². The van der Waals surface area contributed by atoms with Crippen molar-refractivity contribution in [1.29, 1.82) is 0 Å². The van der Waals surface area contributed by atoms with Crippen LogP contribution in [-0.4, -0.2) is 56.3 Å². The lowest BCUT2D eigenvalue weighted by Crippen LogP contribution is -2.40. The number of ether oxygens (including phenoxy) is 3. The summed E-state index contributed by atoms with van der Waals surface area (Å²) in [4.78, 5) is 12.7. The topological polar surface area (TPSA) is 86.1 Å². The molecule has 8 nitrogen and oxygen atoms in total. The second-order valence-corrected chi connectivity index (χ2v) is 7.79. The first-order valence-corrected chi connectivity index (χ1v) is 10.6. The highest BCUT2D eigenvalue weighted by Crippen LogP contribution is 2.34. The van der Waals surface area contributed by atoms with Crippen LogP contribution in [0.1, 0.15) is 11.1 Å². The first-order chi connectivity index (χ1) is 14.6. The van der Waals surface area contributed by atoms with Gasteiger partial charge in [-0.1, -0.05) is 15.9 Å². The summed E-state index contributed by atoms with van der Waals surface area (Å²) in [7, 11) is 1.61. The van der Waals surface area contributed by atoms with Gasteiger partial charge in [-0.25, -0.2) is 0 Å². The quantitative estimate of drug-likeness (QED) is 0.317. The molecule has 30 heavy (non-hydrogen) atoms. The normalized spacial score (nSPS) is 14.5. The van der Waals surface area contributed by atoms with Gasteiger partial charge in [-0.05, 0) is 35.4 Å². The molecular weight excluding hydrogens is 454 g/mol. The smallest absolute Gasteiger partial charge is 0.269 e. The number of nitrogens with zero attached hydrogens (tertiary/aromatic N) is 2. The summed E-state index contributed by atoms with van der Waals surface area (Å²) in [6, 6.07) is 10.2. The molecule has 0 amide bonds. The zero-order valence-electron chi connectivity index (χ0n) is 16.9. The Labute approximate surface area is 184 Å². The Bertz CT molecular complexity index is 841. The Hall–Kier alpha value is -2.20. The van der Waals surface area contributed by atoms with E-state index in [2.05, 4.69) is 26.1 Å². The van der Waals surface area contributed by atoms with Gasteiger partial charge in [-0.15, -0.1) is 0 Å². The molecule has 2 aromatic carbocycles. The van der Waals surface area contributed by atoms with Gasteiger partial charge in [0.15, 0.2) is 11.5 Å². The SMILES string of the molecule is COc1cc(CNCCN2CCOCC2)c(Br)cc1OCc1ccc([N+](=O)[O-])cc1. The number of methoxy groups -OCH3 is 1. The lowest BCUT2D eigenvalue weighted by molar-refractivity contribution is -0.384. The molecule has 0 saturated carbocycles. The number of rotatable bonds is 10. The second-order valence-electron chi connectivity index (χ2n) is 6.94. The van der Waals surface area contributed by atoms with E-state index >= 15 is 0 Å². The molecule has 0 bridgehead atoms. The van der Waals surface area contributed by atoms with Crippen LogP contribution in [0.25, 0.3) is 0 Å². The number of halogens is 1. The lowest BCUT2D eigenvalue weighted by atomic mass is 10.2. The van der Waals surface area contributed by atoms with E-state index in [9.17, 15) is 10.1 Å². The van der Waals surface area contributed by atoms with Gasteiger partial charge in [-0.3, -0.25) is 15.0 Å². The van der Waals surface area contributed by atoms with E-state index in [1.807, 2.05) is 12.1 Å². The fourth-order valence-electron chi connectivity index (χ4n) is 3.14. The molecule has 3 rings (SSSR count). The summed E-state index contributed by atoms with van der Waals surface area (Å²) >= 11 is 3.61. The van der Waals surface area contributed by atoms with Crippen molar-refractivity contribution < 1.29 is 19.1 Å². The van der Waals surface area contributed by atoms with E-state index in [-0.39, 0.29) is 12.3 Å². The summed E-state index contributed by atoms with van der Waals surface area (Å²) in [6.07, 6.45) is 0. The molecule has 0 aromatic heterocycles. The molecule has 2 aromatic rings. The van der Waals surface area contributed by atoms with Crippen molar-refractivity contribution in [1.82, 2.24) is 10.2 Å². The van der Waals surface area contributed by atoms with Crippen LogP contribution in [0.4, 0.5) is 5.69 Å². The molecule has 1 aliphatic rings. The molecule has 0 unspecified atom stereocenters. The molecule has 0 aliphatic carbocycles. The van der Waals surface area contributed by atoms with Gasteiger partial charge in [0, 0.05) is 49.3 Å². The first kappa shape index (κ1) is 22.5. The van der Waals surface area contributed by atoms with Crippen molar-refractivity contribution in [3.63, 3.8) is 0 Å². The van der Waals surface area contributed by atoms with Gasteiger partial charge in [-0.2, -0.15) is 0 Å². The van der Waals surface area contributed by atoms with Gasteiger partial charge in [0.25, 0.3) is 5.69 Å². The van der Waals surface area contributed by atoms with E-state index in [0.29, 0.717) is 18.0 Å². The standard InChI is InChI=1S/C21H26BrN3O5/c1-28-20-12-17(14-23-6-7-24-8-10-29-11-9-24)19(22)13-21(20)30-15-16-2-4-18(5-3-16)25(26)27/h2-5,12-13,23H,6-11,14-15H2,1H3. The third-order valence-electron chi connectivity index (χ3n) is 4.90. The number of morpholine rings is 1. The Kier molecular flexibility index (Phi) is 8.44. The summed E-state index contributed by atoms with van der Waals surface area (Å²) in [6.45, 7) is 6.48. The molecule has 1 N–H and O–H groups in total. The molecule has 1 fully saturated rings. The minimum Gasteiger partial charge on any atom is -0.493 e. The fraction of sp³-hybridized carbons (Fsp3) is 0.429. The highest BCUT2D eigenvalue weighted by Gasteiger charge is 2.12. The number of non-ortho nitro benzene ring substituents is 1. The number of hydrogen-bond donors (Lipinski definition) is 1. The Balaban J connectivity index is 1.54. The summed E-state index contributed by atoms with van der Waals surface area (Å²) in [5.74, 6) is 1.25. The maximum atomic E-state index is 10.8. The second kappa shape index (κ2) is 11.3. The summed E-state index contributed by atoms with van der Waals surface area (Å²) in [5.41, 5.74) is 1.98.